The predicted molar refractivity (Wildman–Crippen MR) is 73.5 cm³/mol. The van der Waals surface area contributed by atoms with Crippen molar-refractivity contribution in [1.29, 1.82) is 0 Å². The van der Waals surface area contributed by atoms with Gasteiger partial charge in [0, 0.05) is 18.9 Å². The van der Waals surface area contributed by atoms with Crippen LogP contribution in [0.2, 0.25) is 0 Å². The molecule has 0 aromatic rings. The lowest BCUT2D eigenvalue weighted by molar-refractivity contribution is -0.174. The Bertz CT molecular complexity index is 464. The van der Waals surface area contributed by atoms with Crippen molar-refractivity contribution < 1.29 is 28.2 Å². The summed E-state index contributed by atoms with van der Waals surface area (Å²) in [5, 5.41) is 14.9. The molecule has 3 N–H and O–H groups in total. The Labute approximate surface area is 127 Å². The molecule has 1 unspecified atom stereocenters. The fourth-order valence-electron chi connectivity index (χ4n) is 2.49. The van der Waals surface area contributed by atoms with Gasteiger partial charge < -0.3 is 20.5 Å². The number of carbonyl (C=O) groups is 2. The van der Waals surface area contributed by atoms with Crippen LogP contribution < -0.4 is 10.6 Å². The maximum Gasteiger partial charge on any atom is 0.408 e. The number of ether oxygens (including phenoxy) is 1. The van der Waals surface area contributed by atoms with Crippen LogP contribution >= 0.6 is 0 Å². The zero-order chi connectivity index (χ0) is 16.8. The second-order valence-corrected chi connectivity index (χ2v) is 7.18. The molecule has 2 aliphatic rings. The maximum atomic E-state index is 13.3. The van der Waals surface area contributed by atoms with E-state index in [2.05, 4.69) is 10.6 Å². The highest BCUT2D eigenvalue weighted by atomic mass is 19.3. The predicted octanol–water partition coefficient (Wildman–Crippen LogP) is 1.32. The largest absolute Gasteiger partial charge is 0.444 e. The Morgan fingerprint density at radius 2 is 1.82 bits per heavy atom. The Kier molecular flexibility index (Phi) is 4.10. The first-order valence-corrected chi connectivity index (χ1v) is 7.30. The fraction of sp³-hybridized carbons (Fsp3) is 0.857. The summed E-state index contributed by atoms with van der Waals surface area (Å²) in [6, 6.07) is -0.0127. The van der Waals surface area contributed by atoms with Crippen molar-refractivity contribution in [3.8, 4) is 0 Å². The number of aliphatic hydroxyl groups is 1. The summed E-state index contributed by atoms with van der Waals surface area (Å²) in [5.41, 5.74) is -2.50. The third kappa shape index (κ3) is 4.06. The smallest absolute Gasteiger partial charge is 0.408 e. The lowest BCUT2D eigenvalue weighted by Crippen LogP contribution is -2.71. The number of rotatable bonds is 4. The van der Waals surface area contributed by atoms with Crippen LogP contribution in [-0.2, 0) is 9.53 Å². The maximum absolute atomic E-state index is 13.3. The van der Waals surface area contributed by atoms with Crippen LogP contribution in [0.3, 0.4) is 0 Å². The average Bonchev–Trinajstić information content (AvgIpc) is 3.05. The van der Waals surface area contributed by atoms with E-state index in [1.54, 1.807) is 20.8 Å². The van der Waals surface area contributed by atoms with Crippen molar-refractivity contribution in [3.63, 3.8) is 0 Å². The van der Waals surface area contributed by atoms with E-state index in [1.165, 1.54) is 0 Å². The number of carbonyl (C=O) groups excluding carboxylic acids is 2. The summed E-state index contributed by atoms with van der Waals surface area (Å²) >= 11 is 0. The highest BCUT2D eigenvalue weighted by Gasteiger charge is 2.63. The van der Waals surface area contributed by atoms with Gasteiger partial charge in [0.05, 0.1) is 5.54 Å². The van der Waals surface area contributed by atoms with Crippen molar-refractivity contribution >= 4 is 12.0 Å². The summed E-state index contributed by atoms with van der Waals surface area (Å²) < 4.78 is 31.6. The van der Waals surface area contributed by atoms with Gasteiger partial charge in [-0.15, -0.1) is 0 Å². The van der Waals surface area contributed by atoms with E-state index < -0.39 is 48.0 Å². The highest BCUT2D eigenvalue weighted by molar-refractivity contribution is 5.84. The second-order valence-electron chi connectivity index (χ2n) is 7.18. The van der Waals surface area contributed by atoms with Gasteiger partial charge in [-0.2, -0.15) is 0 Å². The van der Waals surface area contributed by atoms with E-state index >= 15 is 0 Å². The van der Waals surface area contributed by atoms with Gasteiger partial charge in [-0.3, -0.25) is 4.79 Å². The van der Waals surface area contributed by atoms with E-state index in [0.29, 0.717) is 0 Å². The molecule has 2 fully saturated rings. The van der Waals surface area contributed by atoms with E-state index in [1.807, 2.05) is 0 Å². The number of hydrogen-bond donors (Lipinski definition) is 3. The molecule has 2 rings (SSSR count). The van der Waals surface area contributed by atoms with Crippen LogP contribution in [0, 0.1) is 0 Å². The highest BCUT2D eigenvalue weighted by Crippen LogP contribution is 2.47. The summed E-state index contributed by atoms with van der Waals surface area (Å²) in [6.45, 7) is 4.89. The molecule has 0 aliphatic heterocycles. The zero-order valence-electron chi connectivity index (χ0n) is 12.9. The van der Waals surface area contributed by atoms with Gasteiger partial charge in [0.25, 0.3) is 11.8 Å². The lowest BCUT2D eigenvalue weighted by Gasteiger charge is -2.49. The van der Waals surface area contributed by atoms with Gasteiger partial charge in [-0.1, -0.05) is 0 Å². The Balaban J connectivity index is 2.04. The molecule has 0 aromatic carbocycles. The summed E-state index contributed by atoms with van der Waals surface area (Å²) in [5.74, 6) is -3.76. The van der Waals surface area contributed by atoms with E-state index in [4.69, 9.17) is 4.74 Å². The van der Waals surface area contributed by atoms with Gasteiger partial charge in [-0.05, 0) is 33.6 Å². The Hall–Kier alpha value is -1.44. The number of nitrogens with one attached hydrogen (secondary N) is 2. The molecule has 0 radical (unpaired) electrons. The average molecular weight is 320 g/mol. The minimum atomic E-state index is -3.02. The van der Waals surface area contributed by atoms with Crippen molar-refractivity contribution in [3.05, 3.63) is 0 Å². The standard InChI is InChI=1S/C14H22F2N2O4/c1-12(2,3)22-11(21)18-13(6-14(15,16)7-13)9(19)10(20)17-8-4-5-8/h8-9,19H,4-7H2,1-3H3,(H,17,20)(H,18,21). The van der Waals surface area contributed by atoms with E-state index in [-0.39, 0.29) is 6.04 Å². The van der Waals surface area contributed by atoms with Crippen molar-refractivity contribution in [1.82, 2.24) is 10.6 Å². The molecule has 0 heterocycles. The topological polar surface area (TPSA) is 87.7 Å². The van der Waals surface area contributed by atoms with Crippen LogP contribution in [-0.4, -0.2) is 46.3 Å². The minimum Gasteiger partial charge on any atom is -0.444 e. The SMILES string of the molecule is CC(C)(C)OC(=O)NC1(C(O)C(=O)NC2CC2)CC(F)(F)C1. The van der Waals surface area contributed by atoms with Gasteiger partial charge >= 0.3 is 6.09 Å². The van der Waals surface area contributed by atoms with Crippen molar-refractivity contribution in [2.75, 3.05) is 0 Å². The number of hydrogen-bond acceptors (Lipinski definition) is 4. The summed E-state index contributed by atoms with van der Waals surface area (Å²) in [7, 11) is 0. The fourth-order valence-corrected chi connectivity index (χ4v) is 2.49. The first-order chi connectivity index (χ1) is 9.92. The van der Waals surface area contributed by atoms with Crippen LogP contribution in [0.5, 0.6) is 0 Å². The first-order valence-electron chi connectivity index (χ1n) is 7.30. The quantitative estimate of drug-likeness (QED) is 0.729. The van der Waals surface area contributed by atoms with Crippen molar-refractivity contribution in [2.24, 2.45) is 0 Å². The third-order valence-electron chi connectivity index (χ3n) is 3.59. The van der Waals surface area contributed by atoms with Gasteiger partial charge in [-0.25, -0.2) is 13.6 Å². The molecule has 6 nitrogen and oxygen atoms in total. The van der Waals surface area contributed by atoms with Gasteiger partial charge in [0.15, 0.2) is 6.10 Å². The Morgan fingerprint density at radius 1 is 1.27 bits per heavy atom. The van der Waals surface area contributed by atoms with Crippen LogP contribution in [0.15, 0.2) is 0 Å². The lowest BCUT2D eigenvalue weighted by atomic mass is 9.69. The molecule has 2 saturated carbocycles. The van der Waals surface area contributed by atoms with Crippen LogP contribution in [0.25, 0.3) is 0 Å². The molecule has 0 saturated heterocycles. The van der Waals surface area contributed by atoms with E-state index in [0.717, 1.165) is 12.8 Å². The molecule has 2 aliphatic carbocycles. The van der Waals surface area contributed by atoms with Gasteiger partial charge in [0.1, 0.15) is 5.60 Å². The summed E-state index contributed by atoms with van der Waals surface area (Å²) in [6.07, 6.45) is -2.64. The van der Waals surface area contributed by atoms with E-state index in [9.17, 15) is 23.5 Å². The molecule has 0 spiro atoms. The van der Waals surface area contributed by atoms with Crippen molar-refractivity contribution in [2.45, 2.75) is 75.7 Å². The van der Waals surface area contributed by atoms with Crippen LogP contribution in [0.1, 0.15) is 46.5 Å². The molecule has 2 amide bonds. The molecule has 126 valence electrons. The minimum absolute atomic E-state index is 0.0127. The molecule has 1 atom stereocenters. The number of alkyl halides is 2. The second kappa shape index (κ2) is 5.33. The van der Waals surface area contributed by atoms with Gasteiger partial charge in [0.2, 0.25) is 0 Å². The molecular weight excluding hydrogens is 298 g/mol. The zero-order valence-corrected chi connectivity index (χ0v) is 12.9. The molecule has 0 aromatic heterocycles. The van der Waals surface area contributed by atoms with Crippen LogP contribution in [0.4, 0.5) is 13.6 Å². The normalized spacial score (nSPS) is 23.9. The molecule has 0 bridgehead atoms. The number of halogens is 2. The third-order valence-corrected chi connectivity index (χ3v) is 3.59. The number of aliphatic hydroxyl groups excluding tert-OH is 1. The molecule has 8 heteroatoms. The monoisotopic (exact) mass is 320 g/mol. The molecule has 22 heavy (non-hydrogen) atoms. The number of alkyl carbamates (subject to hydrolysis) is 1. The molecular formula is C14H22F2N2O4. The number of amides is 2. The Morgan fingerprint density at radius 3 is 2.23 bits per heavy atom. The summed E-state index contributed by atoms with van der Waals surface area (Å²) in [4.78, 5) is 23.7. The first kappa shape index (κ1) is 16.9.